The van der Waals surface area contributed by atoms with E-state index in [-0.39, 0.29) is 0 Å². The number of ether oxygens (including phenoxy) is 1. The van der Waals surface area contributed by atoms with Crippen molar-refractivity contribution in [3.8, 4) is 6.07 Å². The monoisotopic (exact) mass is 127 g/mol. The summed E-state index contributed by atoms with van der Waals surface area (Å²) in [5.41, 5.74) is 0. The molecular formula is C7H13NO. The summed E-state index contributed by atoms with van der Waals surface area (Å²) in [6, 6.07) is 1.69. The van der Waals surface area contributed by atoms with Crippen molar-refractivity contribution in [3.63, 3.8) is 0 Å². The second-order valence-electron chi connectivity index (χ2n) is 1.11. The maximum atomic E-state index is 7.51. The lowest BCUT2D eigenvalue weighted by Gasteiger charge is -1.86. The van der Waals surface area contributed by atoms with Gasteiger partial charge in [0.15, 0.2) is 0 Å². The van der Waals surface area contributed by atoms with Crippen molar-refractivity contribution < 1.29 is 4.74 Å². The lowest BCUT2D eigenvalue weighted by molar-refractivity contribution is 0.162. The maximum Gasteiger partial charge on any atom is 0.0905 e. The zero-order valence-electron chi connectivity index (χ0n) is 6.05. The van der Waals surface area contributed by atoms with Gasteiger partial charge in [0, 0.05) is 19.3 Å². The van der Waals surface area contributed by atoms with Crippen LogP contribution in [0.1, 0.15) is 13.8 Å². The van der Waals surface area contributed by atoms with E-state index in [1.165, 1.54) is 6.08 Å². The molecule has 0 aliphatic rings. The van der Waals surface area contributed by atoms with Gasteiger partial charge in [0.25, 0.3) is 0 Å². The zero-order chi connectivity index (χ0) is 7.54. The van der Waals surface area contributed by atoms with Crippen LogP contribution in [0.25, 0.3) is 0 Å². The Morgan fingerprint density at radius 2 is 1.89 bits per heavy atom. The standard InChI is InChI=1S/C4H10O.C3H3N/c1-3-5-4-2;1-2-3-4/h3-4H2,1-2H3;2H,1H2. The SMILES string of the molecule is C=CC#N.CCOCC. The van der Waals surface area contributed by atoms with E-state index < -0.39 is 0 Å². The Labute approximate surface area is 56.8 Å². The van der Waals surface area contributed by atoms with Crippen LogP contribution < -0.4 is 0 Å². The van der Waals surface area contributed by atoms with Gasteiger partial charge in [0.1, 0.15) is 0 Å². The minimum atomic E-state index is 0.844. The number of hydrogen-bond acceptors (Lipinski definition) is 2. The van der Waals surface area contributed by atoms with Gasteiger partial charge in [0.05, 0.1) is 6.07 Å². The largest absolute Gasteiger partial charge is 0.382 e. The van der Waals surface area contributed by atoms with Crippen molar-refractivity contribution in [2.45, 2.75) is 13.8 Å². The Bertz CT molecular complexity index is 81.4. The molecule has 0 heterocycles. The van der Waals surface area contributed by atoms with Crippen LogP contribution in [-0.4, -0.2) is 13.2 Å². The quantitative estimate of drug-likeness (QED) is 0.529. The molecule has 0 aromatic rings. The van der Waals surface area contributed by atoms with Gasteiger partial charge in [-0.2, -0.15) is 5.26 Å². The van der Waals surface area contributed by atoms with Crippen molar-refractivity contribution >= 4 is 0 Å². The Hall–Kier alpha value is -0.810. The third kappa shape index (κ3) is 40.4. The van der Waals surface area contributed by atoms with E-state index in [2.05, 4.69) is 6.58 Å². The predicted molar refractivity (Wildman–Crippen MR) is 38.0 cm³/mol. The normalized spacial score (nSPS) is 6.33. The summed E-state index contributed by atoms with van der Waals surface area (Å²) in [6.07, 6.45) is 1.18. The van der Waals surface area contributed by atoms with Crippen molar-refractivity contribution in [1.29, 1.82) is 5.26 Å². The first-order valence-electron chi connectivity index (χ1n) is 2.91. The summed E-state index contributed by atoms with van der Waals surface area (Å²) < 4.78 is 4.83. The summed E-state index contributed by atoms with van der Waals surface area (Å²) in [4.78, 5) is 0. The molecule has 0 spiro atoms. The molecule has 9 heavy (non-hydrogen) atoms. The second-order valence-corrected chi connectivity index (χ2v) is 1.11. The Morgan fingerprint density at radius 3 is 1.89 bits per heavy atom. The third-order valence-electron chi connectivity index (χ3n) is 0.500. The first-order chi connectivity index (χ1) is 4.33. The summed E-state index contributed by atoms with van der Waals surface area (Å²) >= 11 is 0. The Balaban J connectivity index is 0. The van der Waals surface area contributed by atoms with Gasteiger partial charge in [0.2, 0.25) is 0 Å². The first kappa shape index (κ1) is 11.0. The van der Waals surface area contributed by atoms with Gasteiger partial charge in [-0.3, -0.25) is 0 Å². The predicted octanol–water partition coefficient (Wildman–Crippen LogP) is 1.74. The summed E-state index contributed by atoms with van der Waals surface area (Å²) in [5, 5.41) is 7.51. The fourth-order valence-electron chi connectivity index (χ4n) is 0.204. The van der Waals surface area contributed by atoms with Crippen LogP contribution in [0.4, 0.5) is 0 Å². The maximum absolute atomic E-state index is 7.51. The van der Waals surface area contributed by atoms with Gasteiger partial charge < -0.3 is 4.74 Å². The number of rotatable bonds is 2. The highest BCUT2D eigenvalue weighted by Crippen LogP contribution is 1.64. The molecule has 0 saturated heterocycles. The molecule has 52 valence electrons. The number of nitriles is 1. The molecular weight excluding hydrogens is 114 g/mol. The van der Waals surface area contributed by atoms with E-state index in [4.69, 9.17) is 10.00 Å². The molecule has 0 rings (SSSR count). The van der Waals surface area contributed by atoms with Crippen LogP contribution >= 0.6 is 0 Å². The molecule has 0 amide bonds. The number of nitrogens with zero attached hydrogens (tertiary/aromatic N) is 1. The molecule has 0 radical (unpaired) electrons. The highest BCUT2D eigenvalue weighted by molar-refractivity contribution is 4.93. The molecule has 0 bridgehead atoms. The summed E-state index contributed by atoms with van der Waals surface area (Å²) in [5.74, 6) is 0. The van der Waals surface area contributed by atoms with E-state index in [1.807, 2.05) is 13.8 Å². The van der Waals surface area contributed by atoms with E-state index in [0.717, 1.165) is 13.2 Å². The van der Waals surface area contributed by atoms with Gasteiger partial charge >= 0.3 is 0 Å². The second kappa shape index (κ2) is 15.7. The van der Waals surface area contributed by atoms with Gasteiger partial charge in [-0.25, -0.2) is 0 Å². The van der Waals surface area contributed by atoms with E-state index in [9.17, 15) is 0 Å². The van der Waals surface area contributed by atoms with Gasteiger partial charge in [-0.1, -0.05) is 6.58 Å². The number of hydrogen-bond donors (Lipinski definition) is 0. The van der Waals surface area contributed by atoms with Gasteiger partial charge in [-0.15, -0.1) is 0 Å². The molecule has 2 nitrogen and oxygen atoms in total. The van der Waals surface area contributed by atoms with Gasteiger partial charge in [-0.05, 0) is 13.8 Å². The number of allylic oxidation sites excluding steroid dienone is 1. The lowest BCUT2D eigenvalue weighted by Crippen LogP contribution is -1.84. The van der Waals surface area contributed by atoms with Crippen LogP contribution in [-0.2, 0) is 4.74 Å². The van der Waals surface area contributed by atoms with Crippen LogP contribution in [0.2, 0.25) is 0 Å². The summed E-state index contributed by atoms with van der Waals surface area (Å²) in [6.45, 7) is 8.78. The van der Waals surface area contributed by atoms with Crippen LogP contribution in [0.5, 0.6) is 0 Å². The minimum absolute atomic E-state index is 0.844. The Morgan fingerprint density at radius 1 is 1.56 bits per heavy atom. The molecule has 0 atom stereocenters. The first-order valence-corrected chi connectivity index (χ1v) is 2.91. The fraction of sp³-hybridized carbons (Fsp3) is 0.571. The van der Waals surface area contributed by atoms with Crippen LogP contribution in [0, 0.1) is 11.3 Å². The Kier molecular flexibility index (Phi) is 19.3. The molecule has 0 N–H and O–H groups in total. The van der Waals surface area contributed by atoms with E-state index >= 15 is 0 Å². The molecule has 0 fully saturated rings. The van der Waals surface area contributed by atoms with E-state index in [0.29, 0.717) is 0 Å². The van der Waals surface area contributed by atoms with Crippen LogP contribution in [0.3, 0.4) is 0 Å². The molecule has 0 aromatic heterocycles. The zero-order valence-corrected chi connectivity index (χ0v) is 6.05. The highest BCUT2D eigenvalue weighted by atomic mass is 16.5. The molecule has 0 unspecified atom stereocenters. The fourth-order valence-corrected chi connectivity index (χ4v) is 0.204. The molecule has 0 aliphatic heterocycles. The molecule has 2 heteroatoms. The summed E-state index contributed by atoms with van der Waals surface area (Å²) in [7, 11) is 0. The van der Waals surface area contributed by atoms with Crippen molar-refractivity contribution in [2.24, 2.45) is 0 Å². The molecule has 0 aromatic carbocycles. The highest BCUT2D eigenvalue weighted by Gasteiger charge is 1.64. The topological polar surface area (TPSA) is 33.0 Å². The smallest absolute Gasteiger partial charge is 0.0905 e. The third-order valence-corrected chi connectivity index (χ3v) is 0.500. The average Bonchev–Trinajstić information content (AvgIpc) is 1.91. The van der Waals surface area contributed by atoms with Crippen molar-refractivity contribution in [1.82, 2.24) is 0 Å². The lowest BCUT2D eigenvalue weighted by atomic mass is 10.8. The van der Waals surface area contributed by atoms with Crippen molar-refractivity contribution in [3.05, 3.63) is 12.7 Å². The van der Waals surface area contributed by atoms with Crippen molar-refractivity contribution in [2.75, 3.05) is 13.2 Å². The van der Waals surface area contributed by atoms with Crippen LogP contribution in [0.15, 0.2) is 12.7 Å². The average molecular weight is 127 g/mol. The molecule has 0 saturated carbocycles. The van der Waals surface area contributed by atoms with E-state index in [1.54, 1.807) is 6.07 Å². The minimum Gasteiger partial charge on any atom is -0.382 e. The molecule has 0 aliphatic carbocycles.